The molecule has 1 aromatic carbocycles. The summed E-state index contributed by atoms with van der Waals surface area (Å²) in [6, 6.07) is 7.99. The summed E-state index contributed by atoms with van der Waals surface area (Å²) in [4.78, 5) is 2.86. The summed E-state index contributed by atoms with van der Waals surface area (Å²) < 4.78 is 5.18. The van der Waals surface area contributed by atoms with E-state index >= 15 is 0 Å². The molecule has 0 radical (unpaired) electrons. The van der Waals surface area contributed by atoms with Crippen LogP contribution in [0.4, 0.5) is 0 Å². The SMILES string of the molecule is CCCCN(CC)C(C(N)=S)c1ccc(OC)cc1. The first kappa shape index (κ1) is 15.9. The Morgan fingerprint density at radius 1 is 1.32 bits per heavy atom. The molecule has 0 aromatic heterocycles. The number of ether oxygens (including phenoxy) is 1. The molecule has 106 valence electrons. The van der Waals surface area contributed by atoms with E-state index in [1.54, 1.807) is 7.11 Å². The average molecular weight is 280 g/mol. The summed E-state index contributed by atoms with van der Waals surface area (Å²) >= 11 is 5.26. The quantitative estimate of drug-likeness (QED) is 0.742. The maximum atomic E-state index is 5.95. The van der Waals surface area contributed by atoms with Crippen LogP contribution in [0.2, 0.25) is 0 Å². The summed E-state index contributed by atoms with van der Waals surface area (Å²) in [5.74, 6) is 0.849. The monoisotopic (exact) mass is 280 g/mol. The number of methoxy groups -OCH3 is 1. The van der Waals surface area contributed by atoms with Crippen molar-refractivity contribution in [1.29, 1.82) is 0 Å². The lowest BCUT2D eigenvalue weighted by Crippen LogP contribution is -2.37. The Kier molecular flexibility index (Phi) is 6.81. The first-order valence-corrected chi connectivity index (χ1v) is 7.22. The van der Waals surface area contributed by atoms with Gasteiger partial charge in [-0.3, -0.25) is 4.90 Å². The van der Waals surface area contributed by atoms with Crippen molar-refractivity contribution in [1.82, 2.24) is 4.90 Å². The van der Waals surface area contributed by atoms with Crippen LogP contribution in [0.1, 0.15) is 38.3 Å². The molecule has 1 aromatic rings. The highest BCUT2D eigenvalue weighted by molar-refractivity contribution is 7.80. The van der Waals surface area contributed by atoms with Crippen LogP contribution in [0.5, 0.6) is 5.75 Å². The van der Waals surface area contributed by atoms with Crippen molar-refractivity contribution < 1.29 is 4.74 Å². The van der Waals surface area contributed by atoms with Crippen LogP contribution in [-0.4, -0.2) is 30.1 Å². The van der Waals surface area contributed by atoms with Crippen molar-refractivity contribution in [3.63, 3.8) is 0 Å². The molecule has 0 aliphatic heterocycles. The third-order valence-corrected chi connectivity index (χ3v) is 3.49. The van der Waals surface area contributed by atoms with Gasteiger partial charge in [0, 0.05) is 0 Å². The van der Waals surface area contributed by atoms with Crippen LogP contribution in [0.15, 0.2) is 24.3 Å². The van der Waals surface area contributed by atoms with E-state index in [1.165, 1.54) is 6.42 Å². The fraction of sp³-hybridized carbons (Fsp3) is 0.533. The third-order valence-electron chi connectivity index (χ3n) is 3.27. The van der Waals surface area contributed by atoms with E-state index in [0.717, 1.165) is 30.8 Å². The van der Waals surface area contributed by atoms with E-state index in [1.807, 2.05) is 24.3 Å². The lowest BCUT2D eigenvalue weighted by atomic mass is 10.0. The second-order valence-electron chi connectivity index (χ2n) is 4.56. The summed E-state index contributed by atoms with van der Waals surface area (Å²) in [6.45, 7) is 6.29. The molecule has 1 unspecified atom stereocenters. The number of thiocarbonyl (C=S) groups is 1. The molecule has 1 atom stereocenters. The molecule has 0 amide bonds. The highest BCUT2D eigenvalue weighted by Crippen LogP contribution is 2.24. The molecule has 0 saturated heterocycles. The summed E-state index contributed by atoms with van der Waals surface area (Å²) in [7, 11) is 1.67. The van der Waals surface area contributed by atoms with Crippen molar-refractivity contribution in [2.24, 2.45) is 5.73 Å². The molecular formula is C15H24N2OS. The van der Waals surface area contributed by atoms with Gasteiger partial charge < -0.3 is 10.5 Å². The number of unbranched alkanes of at least 4 members (excludes halogenated alkanes) is 1. The molecular weight excluding hydrogens is 256 g/mol. The van der Waals surface area contributed by atoms with Crippen LogP contribution in [-0.2, 0) is 0 Å². The van der Waals surface area contributed by atoms with Gasteiger partial charge in [0.2, 0.25) is 0 Å². The lowest BCUT2D eigenvalue weighted by Gasteiger charge is -2.30. The highest BCUT2D eigenvalue weighted by Gasteiger charge is 2.21. The number of likely N-dealkylation sites (N-methyl/N-ethyl adjacent to an activating group) is 1. The summed E-state index contributed by atoms with van der Waals surface area (Å²) in [5, 5.41) is 0. The number of benzene rings is 1. The first-order chi connectivity index (χ1) is 9.13. The molecule has 2 N–H and O–H groups in total. The van der Waals surface area contributed by atoms with Crippen molar-refractivity contribution in [3.8, 4) is 5.75 Å². The topological polar surface area (TPSA) is 38.5 Å². The molecule has 0 heterocycles. The van der Waals surface area contributed by atoms with Gasteiger partial charge in [-0.05, 0) is 37.2 Å². The first-order valence-electron chi connectivity index (χ1n) is 6.81. The Bertz CT molecular complexity index is 392. The zero-order valence-electron chi connectivity index (χ0n) is 12.1. The van der Waals surface area contributed by atoms with Gasteiger partial charge in [-0.1, -0.05) is 44.6 Å². The van der Waals surface area contributed by atoms with Gasteiger partial charge in [0.15, 0.2) is 0 Å². The maximum absolute atomic E-state index is 5.95. The molecule has 0 saturated carbocycles. The molecule has 0 aliphatic carbocycles. The van der Waals surface area contributed by atoms with Gasteiger partial charge in [0.1, 0.15) is 5.75 Å². The Labute approximate surface area is 121 Å². The number of nitrogens with two attached hydrogens (primary N) is 1. The number of nitrogens with zero attached hydrogens (tertiary/aromatic N) is 1. The molecule has 19 heavy (non-hydrogen) atoms. The fourth-order valence-electron chi connectivity index (χ4n) is 2.17. The second kappa shape index (κ2) is 8.12. The predicted octanol–water partition coefficient (Wildman–Crippen LogP) is 3.14. The molecule has 0 fully saturated rings. The third kappa shape index (κ3) is 4.48. The average Bonchev–Trinajstić information content (AvgIpc) is 2.43. The standard InChI is InChI=1S/C15H24N2OS/c1-4-6-11-17(5-2)14(15(16)19)12-7-9-13(18-3)10-8-12/h7-10,14H,4-6,11H2,1-3H3,(H2,16,19). The summed E-state index contributed by atoms with van der Waals surface area (Å²) in [6.07, 6.45) is 2.33. The zero-order valence-corrected chi connectivity index (χ0v) is 12.9. The Balaban J connectivity index is 2.93. The minimum atomic E-state index is 0.0115. The number of hydrogen-bond donors (Lipinski definition) is 1. The molecule has 1 rings (SSSR count). The molecule has 0 spiro atoms. The smallest absolute Gasteiger partial charge is 0.118 e. The van der Waals surface area contributed by atoms with Crippen molar-refractivity contribution in [3.05, 3.63) is 29.8 Å². The minimum Gasteiger partial charge on any atom is -0.497 e. The van der Waals surface area contributed by atoms with E-state index in [9.17, 15) is 0 Å². The van der Waals surface area contributed by atoms with E-state index in [4.69, 9.17) is 22.7 Å². The van der Waals surface area contributed by atoms with Gasteiger partial charge in [0.25, 0.3) is 0 Å². The number of hydrogen-bond acceptors (Lipinski definition) is 3. The predicted molar refractivity (Wildman–Crippen MR) is 84.7 cm³/mol. The minimum absolute atomic E-state index is 0.0115. The van der Waals surface area contributed by atoms with E-state index in [-0.39, 0.29) is 6.04 Å². The molecule has 3 nitrogen and oxygen atoms in total. The highest BCUT2D eigenvalue weighted by atomic mass is 32.1. The van der Waals surface area contributed by atoms with Crippen molar-refractivity contribution >= 4 is 17.2 Å². The Morgan fingerprint density at radius 2 is 1.95 bits per heavy atom. The maximum Gasteiger partial charge on any atom is 0.118 e. The normalized spacial score (nSPS) is 12.4. The van der Waals surface area contributed by atoms with E-state index in [2.05, 4.69) is 18.7 Å². The van der Waals surface area contributed by atoms with Crippen LogP contribution < -0.4 is 10.5 Å². The largest absolute Gasteiger partial charge is 0.497 e. The van der Waals surface area contributed by atoms with Crippen LogP contribution in [0.25, 0.3) is 0 Å². The van der Waals surface area contributed by atoms with Gasteiger partial charge in [-0.15, -0.1) is 0 Å². The van der Waals surface area contributed by atoms with Gasteiger partial charge in [-0.2, -0.15) is 0 Å². The van der Waals surface area contributed by atoms with Gasteiger partial charge in [-0.25, -0.2) is 0 Å². The number of rotatable bonds is 8. The fourth-order valence-corrected chi connectivity index (χ4v) is 2.46. The van der Waals surface area contributed by atoms with Crippen molar-refractivity contribution in [2.45, 2.75) is 32.7 Å². The molecule has 0 bridgehead atoms. The molecule has 0 aliphatic rings. The lowest BCUT2D eigenvalue weighted by molar-refractivity contribution is 0.253. The van der Waals surface area contributed by atoms with Crippen LogP contribution in [0.3, 0.4) is 0 Å². The van der Waals surface area contributed by atoms with Gasteiger partial charge in [0.05, 0.1) is 18.1 Å². The van der Waals surface area contributed by atoms with Crippen LogP contribution in [0, 0.1) is 0 Å². The van der Waals surface area contributed by atoms with Crippen LogP contribution >= 0.6 is 12.2 Å². The van der Waals surface area contributed by atoms with Gasteiger partial charge >= 0.3 is 0 Å². The Morgan fingerprint density at radius 3 is 2.37 bits per heavy atom. The second-order valence-corrected chi connectivity index (χ2v) is 5.03. The Hall–Kier alpha value is -1.13. The van der Waals surface area contributed by atoms with E-state index < -0.39 is 0 Å². The summed E-state index contributed by atoms with van der Waals surface area (Å²) in [5.41, 5.74) is 7.08. The molecule has 4 heteroatoms. The van der Waals surface area contributed by atoms with E-state index in [0.29, 0.717) is 4.99 Å². The zero-order chi connectivity index (χ0) is 14.3. The van der Waals surface area contributed by atoms with Crippen molar-refractivity contribution in [2.75, 3.05) is 20.2 Å².